The summed E-state index contributed by atoms with van der Waals surface area (Å²) < 4.78 is 20.5. The number of pyridine rings is 1. The molecule has 4 N–H and O–H groups in total. The number of nitrogens with one attached hydrogen (secondary N) is 2. The molecule has 0 bridgehead atoms. The number of aromatic nitrogens is 7. The van der Waals surface area contributed by atoms with Crippen molar-refractivity contribution in [2.45, 2.75) is 19.9 Å². The van der Waals surface area contributed by atoms with E-state index in [4.69, 9.17) is 10.3 Å². The van der Waals surface area contributed by atoms with Gasteiger partial charge in [0.05, 0.1) is 17.1 Å². The number of benzene rings is 1. The zero-order chi connectivity index (χ0) is 23.1. The van der Waals surface area contributed by atoms with Crippen molar-refractivity contribution in [1.29, 1.82) is 0 Å². The smallest absolute Gasteiger partial charge is 0.265 e. The van der Waals surface area contributed by atoms with Gasteiger partial charge in [-0.2, -0.15) is 10.1 Å². The lowest BCUT2D eigenvalue weighted by molar-refractivity contribution is 0.425. The van der Waals surface area contributed by atoms with Gasteiger partial charge in [0.1, 0.15) is 29.3 Å². The average molecular weight is 447 g/mol. The number of nitrogen functional groups attached to an aromatic ring is 1. The van der Waals surface area contributed by atoms with Gasteiger partial charge in [0.2, 0.25) is 0 Å². The molecule has 33 heavy (non-hydrogen) atoms. The Morgan fingerprint density at radius 1 is 1.24 bits per heavy atom. The van der Waals surface area contributed by atoms with E-state index in [1.54, 1.807) is 31.3 Å². The number of rotatable bonds is 5. The van der Waals surface area contributed by atoms with E-state index in [9.17, 15) is 9.18 Å². The van der Waals surface area contributed by atoms with Crippen LogP contribution in [0.3, 0.4) is 0 Å². The number of nitrogens with two attached hydrogens (primary N) is 1. The molecule has 0 aliphatic rings. The third-order valence-electron chi connectivity index (χ3n) is 5.14. The number of nitrogens with zero attached hydrogens (tertiary/aromatic N) is 6. The van der Waals surface area contributed by atoms with Crippen LogP contribution in [0.5, 0.6) is 0 Å². The fourth-order valence-electron chi connectivity index (χ4n) is 3.63. The molecular weight excluding hydrogens is 429 g/mol. The van der Waals surface area contributed by atoms with Gasteiger partial charge in [-0.15, -0.1) is 0 Å². The number of aryl methyl sites for hydroxylation is 1. The van der Waals surface area contributed by atoms with Crippen molar-refractivity contribution in [2.24, 2.45) is 0 Å². The lowest BCUT2D eigenvalue weighted by Crippen LogP contribution is -2.26. The van der Waals surface area contributed by atoms with Crippen LogP contribution < -0.4 is 16.6 Å². The highest BCUT2D eigenvalue weighted by Crippen LogP contribution is 2.32. The Labute approximate surface area is 185 Å². The Hall–Kier alpha value is -4.61. The molecule has 5 aromatic rings. The lowest BCUT2D eigenvalue weighted by atomic mass is 10.1. The van der Waals surface area contributed by atoms with Crippen LogP contribution in [0.4, 0.5) is 16.0 Å². The lowest BCUT2D eigenvalue weighted by Gasteiger charge is -2.21. The van der Waals surface area contributed by atoms with Gasteiger partial charge >= 0.3 is 0 Å². The molecule has 0 amide bonds. The van der Waals surface area contributed by atoms with Crippen LogP contribution in [-0.4, -0.2) is 34.9 Å². The van der Waals surface area contributed by atoms with Gasteiger partial charge in [0, 0.05) is 12.3 Å². The van der Waals surface area contributed by atoms with E-state index in [-0.39, 0.29) is 17.1 Å². The summed E-state index contributed by atoms with van der Waals surface area (Å²) in [6.45, 7) is 3.53. The van der Waals surface area contributed by atoms with Crippen LogP contribution in [0.15, 0.2) is 52.2 Å². The first-order valence-corrected chi connectivity index (χ1v) is 9.95. The average Bonchev–Trinajstić information content (AvgIpc) is 3.46. The standard InChI is InChI=1S/C21H18FN9O2/c1-10(27-19-17(18(23)24-9-25-19)20-28-11(2)30-33-20)15-7-12-3-4-13(22)8-14(12)21(32)31(15)16-5-6-26-29-16/h3-10H,1-2H3,(H,26,29)(H3,23,24,25,27). The van der Waals surface area contributed by atoms with Crippen molar-refractivity contribution < 1.29 is 8.91 Å². The summed E-state index contributed by atoms with van der Waals surface area (Å²) in [5, 5.41) is 14.7. The van der Waals surface area contributed by atoms with Crippen molar-refractivity contribution in [2.75, 3.05) is 11.1 Å². The predicted octanol–water partition coefficient (Wildman–Crippen LogP) is 2.76. The molecule has 0 aliphatic carbocycles. The largest absolute Gasteiger partial charge is 0.383 e. The maximum atomic E-state index is 13.9. The first kappa shape index (κ1) is 20.3. The van der Waals surface area contributed by atoms with E-state index in [0.717, 1.165) is 0 Å². The van der Waals surface area contributed by atoms with E-state index < -0.39 is 17.4 Å². The minimum atomic E-state index is -0.497. The SMILES string of the molecule is Cc1noc(-c2c(N)ncnc2NC(C)c2cc3ccc(F)cc3c(=O)n2-c2cc[nH]n2)n1. The molecule has 0 saturated carbocycles. The van der Waals surface area contributed by atoms with Crippen molar-refractivity contribution in [3.05, 3.63) is 70.5 Å². The number of anilines is 2. The number of halogens is 1. The summed E-state index contributed by atoms with van der Waals surface area (Å²) in [4.78, 5) is 25.9. The third-order valence-corrected chi connectivity index (χ3v) is 5.14. The van der Waals surface area contributed by atoms with Crippen molar-refractivity contribution in [3.63, 3.8) is 0 Å². The molecule has 0 spiro atoms. The summed E-state index contributed by atoms with van der Waals surface area (Å²) in [6.07, 6.45) is 2.90. The van der Waals surface area contributed by atoms with Crippen LogP contribution >= 0.6 is 0 Å². The van der Waals surface area contributed by atoms with Crippen LogP contribution in [0, 0.1) is 12.7 Å². The first-order valence-electron chi connectivity index (χ1n) is 9.95. The Bertz CT molecular complexity index is 1530. The second-order valence-corrected chi connectivity index (χ2v) is 7.37. The molecule has 4 aromatic heterocycles. The molecule has 0 radical (unpaired) electrons. The second-order valence-electron chi connectivity index (χ2n) is 7.37. The second kappa shape index (κ2) is 7.82. The molecule has 0 aliphatic heterocycles. The first-order chi connectivity index (χ1) is 15.9. The molecule has 12 heteroatoms. The Kier molecular flexibility index (Phi) is 4.81. The zero-order valence-electron chi connectivity index (χ0n) is 17.6. The van der Waals surface area contributed by atoms with Gasteiger partial charge in [-0.3, -0.25) is 14.5 Å². The van der Waals surface area contributed by atoms with Crippen LogP contribution in [0.2, 0.25) is 0 Å². The molecule has 4 heterocycles. The van der Waals surface area contributed by atoms with Gasteiger partial charge in [-0.05, 0) is 37.4 Å². The fraction of sp³-hybridized carbons (Fsp3) is 0.143. The highest BCUT2D eigenvalue weighted by molar-refractivity contribution is 5.83. The van der Waals surface area contributed by atoms with E-state index in [1.165, 1.54) is 23.0 Å². The molecule has 0 saturated heterocycles. The fourth-order valence-corrected chi connectivity index (χ4v) is 3.63. The highest BCUT2D eigenvalue weighted by Gasteiger charge is 2.22. The number of hydrogen-bond donors (Lipinski definition) is 3. The number of fused-ring (bicyclic) bond motifs is 1. The predicted molar refractivity (Wildman–Crippen MR) is 118 cm³/mol. The molecule has 1 aromatic carbocycles. The van der Waals surface area contributed by atoms with Gasteiger partial charge in [-0.1, -0.05) is 11.2 Å². The van der Waals surface area contributed by atoms with Gasteiger partial charge < -0.3 is 15.6 Å². The quantitative estimate of drug-likeness (QED) is 0.369. The zero-order valence-corrected chi connectivity index (χ0v) is 17.6. The van der Waals surface area contributed by atoms with Gasteiger partial charge in [0.15, 0.2) is 11.6 Å². The van der Waals surface area contributed by atoms with E-state index >= 15 is 0 Å². The third kappa shape index (κ3) is 3.56. The maximum absolute atomic E-state index is 13.9. The molecule has 1 atom stereocenters. The van der Waals surface area contributed by atoms with Gasteiger partial charge in [0.25, 0.3) is 11.4 Å². The molecule has 166 valence electrons. The minimum Gasteiger partial charge on any atom is -0.383 e. The van der Waals surface area contributed by atoms with E-state index in [0.29, 0.717) is 34.1 Å². The summed E-state index contributed by atoms with van der Waals surface area (Å²) in [5.41, 5.74) is 6.58. The van der Waals surface area contributed by atoms with Crippen molar-refractivity contribution >= 4 is 22.4 Å². The molecule has 0 fully saturated rings. The van der Waals surface area contributed by atoms with Gasteiger partial charge in [-0.25, -0.2) is 14.4 Å². The maximum Gasteiger partial charge on any atom is 0.265 e. The summed E-state index contributed by atoms with van der Waals surface area (Å²) in [6, 6.07) is 7.06. The highest BCUT2D eigenvalue weighted by atomic mass is 19.1. The van der Waals surface area contributed by atoms with E-state index in [2.05, 4.69) is 35.6 Å². The number of aromatic amines is 1. The normalized spacial score (nSPS) is 12.2. The minimum absolute atomic E-state index is 0.155. The summed E-state index contributed by atoms with van der Waals surface area (Å²) in [5.74, 6) is 0.967. The molecule has 11 nitrogen and oxygen atoms in total. The van der Waals surface area contributed by atoms with Crippen molar-refractivity contribution in [3.8, 4) is 17.3 Å². The topological polar surface area (TPSA) is 153 Å². The molecular formula is C21H18FN9O2. The Morgan fingerprint density at radius 3 is 2.82 bits per heavy atom. The van der Waals surface area contributed by atoms with Crippen LogP contribution in [-0.2, 0) is 0 Å². The monoisotopic (exact) mass is 447 g/mol. The van der Waals surface area contributed by atoms with Crippen LogP contribution in [0.1, 0.15) is 24.5 Å². The summed E-state index contributed by atoms with van der Waals surface area (Å²) in [7, 11) is 0. The summed E-state index contributed by atoms with van der Waals surface area (Å²) >= 11 is 0. The Morgan fingerprint density at radius 2 is 2.09 bits per heavy atom. The van der Waals surface area contributed by atoms with Crippen LogP contribution in [0.25, 0.3) is 28.0 Å². The molecule has 1 unspecified atom stereocenters. The number of H-pyrrole nitrogens is 1. The Balaban J connectivity index is 1.65. The van der Waals surface area contributed by atoms with E-state index in [1.807, 2.05) is 6.92 Å². The van der Waals surface area contributed by atoms with Crippen molar-refractivity contribution in [1.82, 2.24) is 34.9 Å². The molecule has 5 rings (SSSR count). The number of hydrogen-bond acceptors (Lipinski definition) is 9.